The number of likely N-dealkylation sites (tertiary alicyclic amines) is 1. The number of hydrogen-bond acceptors (Lipinski definition) is 5. The Hall–Kier alpha value is -1.48. The lowest BCUT2D eigenvalue weighted by atomic mass is 9.99. The first kappa shape index (κ1) is 22.2. The molecule has 0 spiro atoms. The summed E-state index contributed by atoms with van der Waals surface area (Å²) in [4.78, 5) is 15.2. The molecule has 2 heterocycles. The van der Waals surface area contributed by atoms with Crippen LogP contribution in [-0.2, 0) is 14.8 Å². The molecule has 2 saturated heterocycles. The summed E-state index contributed by atoms with van der Waals surface area (Å²) in [6.45, 7) is 9.37. The Morgan fingerprint density at radius 3 is 2.55 bits per heavy atom. The first-order chi connectivity index (χ1) is 13.9. The van der Waals surface area contributed by atoms with E-state index in [9.17, 15) is 13.2 Å². The highest BCUT2D eigenvalue weighted by Gasteiger charge is 2.28. The number of carbonyl (C=O) groups is 1. The number of aryl methyl sites for hydroxylation is 1. The van der Waals surface area contributed by atoms with Crippen molar-refractivity contribution in [2.75, 3.05) is 52.5 Å². The van der Waals surface area contributed by atoms with Crippen molar-refractivity contribution in [2.24, 2.45) is 5.92 Å². The van der Waals surface area contributed by atoms with E-state index in [-0.39, 0.29) is 10.8 Å². The molecule has 0 unspecified atom stereocenters. The molecule has 0 bridgehead atoms. The van der Waals surface area contributed by atoms with E-state index in [1.807, 2.05) is 0 Å². The third kappa shape index (κ3) is 5.78. The van der Waals surface area contributed by atoms with Crippen LogP contribution in [-0.4, -0.2) is 76.0 Å². The second kappa shape index (κ2) is 10.0. The van der Waals surface area contributed by atoms with Gasteiger partial charge >= 0.3 is 0 Å². The van der Waals surface area contributed by atoms with Gasteiger partial charge in [-0.2, -0.15) is 4.31 Å². The van der Waals surface area contributed by atoms with Crippen molar-refractivity contribution < 1.29 is 17.9 Å². The molecular formula is C21H33N3O4S. The molecule has 0 aromatic heterocycles. The number of piperidine rings is 1. The van der Waals surface area contributed by atoms with Gasteiger partial charge in [0, 0.05) is 25.2 Å². The van der Waals surface area contributed by atoms with Crippen molar-refractivity contribution in [3.05, 3.63) is 29.3 Å². The van der Waals surface area contributed by atoms with E-state index in [0.29, 0.717) is 44.0 Å². The number of nitrogens with one attached hydrogen (secondary N) is 1. The number of benzene rings is 1. The van der Waals surface area contributed by atoms with E-state index < -0.39 is 10.0 Å². The maximum Gasteiger partial charge on any atom is 0.251 e. The minimum atomic E-state index is -3.63. The smallest absolute Gasteiger partial charge is 0.251 e. The molecule has 2 fully saturated rings. The number of rotatable bonds is 7. The third-order valence-electron chi connectivity index (χ3n) is 5.85. The largest absolute Gasteiger partial charge is 0.379 e. The van der Waals surface area contributed by atoms with Gasteiger partial charge in [-0.05, 0) is 69.4 Å². The van der Waals surface area contributed by atoms with Gasteiger partial charge in [0.05, 0.1) is 18.1 Å². The van der Waals surface area contributed by atoms with Crippen molar-refractivity contribution in [3.63, 3.8) is 0 Å². The van der Waals surface area contributed by atoms with E-state index in [4.69, 9.17) is 4.74 Å². The van der Waals surface area contributed by atoms with Crippen LogP contribution in [0.4, 0.5) is 0 Å². The molecule has 0 atom stereocenters. The average molecular weight is 424 g/mol. The number of carbonyl (C=O) groups excluding carboxylic acids is 1. The van der Waals surface area contributed by atoms with Gasteiger partial charge in [0.2, 0.25) is 10.0 Å². The van der Waals surface area contributed by atoms with Gasteiger partial charge in [0.25, 0.3) is 5.91 Å². The molecule has 1 N–H and O–H groups in total. The summed E-state index contributed by atoms with van der Waals surface area (Å²) in [5, 5.41) is 2.93. The SMILES string of the molecule is Cc1ccc(C(=O)NCCCN2CCC(C)CC2)cc1S(=O)(=O)N1CCOCC1. The molecule has 1 amide bonds. The summed E-state index contributed by atoms with van der Waals surface area (Å²) in [6, 6.07) is 4.90. The van der Waals surface area contributed by atoms with Gasteiger partial charge in [-0.1, -0.05) is 13.0 Å². The van der Waals surface area contributed by atoms with Crippen molar-refractivity contribution in [1.82, 2.24) is 14.5 Å². The van der Waals surface area contributed by atoms with Gasteiger partial charge in [0.15, 0.2) is 0 Å². The van der Waals surface area contributed by atoms with Crippen molar-refractivity contribution in [3.8, 4) is 0 Å². The number of sulfonamides is 1. The highest BCUT2D eigenvalue weighted by atomic mass is 32.2. The third-order valence-corrected chi connectivity index (χ3v) is 7.89. The van der Waals surface area contributed by atoms with Crippen LogP contribution in [0.15, 0.2) is 23.1 Å². The summed E-state index contributed by atoms with van der Waals surface area (Å²) >= 11 is 0. The maximum absolute atomic E-state index is 13.0. The molecule has 0 saturated carbocycles. The quantitative estimate of drug-likeness (QED) is 0.678. The summed E-state index contributed by atoms with van der Waals surface area (Å²) in [5.41, 5.74) is 1.03. The Balaban J connectivity index is 1.56. The number of amides is 1. The molecule has 0 aliphatic carbocycles. The fourth-order valence-corrected chi connectivity index (χ4v) is 5.50. The van der Waals surface area contributed by atoms with Crippen LogP contribution in [0.25, 0.3) is 0 Å². The second-order valence-electron chi connectivity index (χ2n) is 8.13. The fourth-order valence-electron chi connectivity index (χ4n) is 3.84. The summed E-state index contributed by atoms with van der Waals surface area (Å²) in [6.07, 6.45) is 3.39. The molecular weight excluding hydrogens is 390 g/mol. The highest BCUT2D eigenvalue weighted by Crippen LogP contribution is 2.22. The van der Waals surface area contributed by atoms with Gasteiger partial charge in [-0.25, -0.2) is 8.42 Å². The molecule has 8 heteroatoms. The predicted molar refractivity (Wildman–Crippen MR) is 113 cm³/mol. The lowest BCUT2D eigenvalue weighted by Crippen LogP contribution is -2.41. The summed E-state index contributed by atoms with van der Waals surface area (Å²) < 4.78 is 32.6. The Kier molecular flexibility index (Phi) is 7.67. The number of ether oxygens (including phenoxy) is 1. The zero-order chi connectivity index (χ0) is 20.9. The summed E-state index contributed by atoms with van der Waals surface area (Å²) in [7, 11) is -3.63. The molecule has 7 nitrogen and oxygen atoms in total. The normalized spacial score (nSPS) is 19.9. The van der Waals surface area contributed by atoms with Crippen molar-refractivity contribution in [2.45, 2.75) is 38.0 Å². The number of hydrogen-bond donors (Lipinski definition) is 1. The van der Waals surface area contributed by atoms with Gasteiger partial charge < -0.3 is 15.0 Å². The van der Waals surface area contributed by atoms with E-state index >= 15 is 0 Å². The first-order valence-corrected chi connectivity index (χ1v) is 12.0. The Bertz CT molecular complexity index is 798. The Morgan fingerprint density at radius 2 is 1.86 bits per heavy atom. The van der Waals surface area contributed by atoms with Crippen LogP contribution in [0.3, 0.4) is 0 Å². The Labute approximate surface area is 174 Å². The molecule has 1 aromatic rings. The number of morpholine rings is 1. The van der Waals surface area contributed by atoms with E-state index in [1.165, 1.54) is 23.2 Å². The zero-order valence-corrected chi connectivity index (χ0v) is 18.3. The molecule has 3 rings (SSSR count). The van der Waals surface area contributed by atoms with Gasteiger partial charge in [-0.3, -0.25) is 4.79 Å². The average Bonchev–Trinajstić information content (AvgIpc) is 2.73. The lowest BCUT2D eigenvalue weighted by Gasteiger charge is -2.30. The predicted octanol–water partition coefficient (Wildman–Crippen LogP) is 1.87. The van der Waals surface area contributed by atoms with Crippen LogP contribution >= 0.6 is 0 Å². The minimum Gasteiger partial charge on any atom is -0.379 e. The molecule has 0 radical (unpaired) electrons. The van der Waals surface area contributed by atoms with Gasteiger partial charge in [-0.15, -0.1) is 0 Å². The van der Waals surface area contributed by atoms with E-state index in [0.717, 1.165) is 32.0 Å². The first-order valence-electron chi connectivity index (χ1n) is 10.6. The minimum absolute atomic E-state index is 0.203. The monoisotopic (exact) mass is 423 g/mol. The topological polar surface area (TPSA) is 79.0 Å². The Morgan fingerprint density at radius 1 is 1.17 bits per heavy atom. The zero-order valence-electron chi connectivity index (χ0n) is 17.5. The summed E-state index contributed by atoms with van der Waals surface area (Å²) in [5.74, 6) is 0.589. The standard InChI is InChI=1S/C21H33N3O4S/c1-17-6-10-23(11-7-17)9-3-8-22-21(25)19-5-4-18(2)20(16-19)29(26,27)24-12-14-28-15-13-24/h4-5,16-17H,3,6-15H2,1-2H3,(H,22,25). The van der Waals surface area contributed by atoms with Crippen LogP contribution < -0.4 is 5.32 Å². The molecule has 2 aliphatic heterocycles. The second-order valence-corrected chi connectivity index (χ2v) is 10.0. The number of nitrogens with zero attached hydrogens (tertiary/aromatic N) is 2. The van der Waals surface area contributed by atoms with Crippen molar-refractivity contribution >= 4 is 15.9 Å². The fraction of sp³-hybridized carbons (Fsp3) is 0.667. The van der Waals surface area contributed by atoms with Crippen LogP contribution in [0.2, 0.25) is 0 Å². The molecule has 2 aliphatic rings. The molecule has 29 heavy (non-hydrogen) atoms. The van der Waals surface area contributed by atoms with E-state index in [1.54, 1.807) is 19.1 Å². The van der Waals surface area contributed by atoms with Crippen LogP contribution in [0, 0.1) is 12.8 Å². The maximum atomic E-state index is 13.0. The van der Waals surface area contributed by atoms with Crippen molar-refractivity contribution in [1.29, 1.82) is 0 Å². The van der Waals surface area contributed by atoms with Crippen LogP contribution in [0.5, 0.6) is 0 Å². The molecule has 162 valence electrons. The van der Waals surface area contributed by atoms with Crippen LogP contribution in [0.1, 0.15) is 42.1 Å². The molecule has 1 aromatic carbocycles. The lowest BCUT2D eigenvalue weighted by molar-refractivity contribution is 0.0730. The van der Waals surface area contributed by atoms with E-state index in [2.05, 4.69) is 17.1 Å². The highest BCUT2D eigenvalue weighted by molar-refractivity contribution is 7.89. The van der Waals surface area contributed by atoms with Gasteiger partial charge in [0.1, 0.15) is 0 Å².